The highest BCUT2D eigenvalue weighted by Crippen LogP contribution is 2.61. The van der Waals surface area contributed by atoms with Gasteiger partial charge in [0.1, 0.15) is 5.54 Å². The van der Waals surface area contributed by atoms with Crippen LogP contribution in [0.3, 0.4) is 0 Å². The lowest BCUT2D eigenvalue weighted by molar-refractivity contribution is -0.384. The van der Waals surface area contributed by atoms with E-state index < -0.39 is 22.3 Å². The quantitative estimate of drug-likeness (QED) is 0.311. The van der Waals surface area contributed by atoms with Crippen molar-refractivity contribution in [1.82, 2.24) is 4.90 Å². The zero-order chi connectivity index (χ0) is 26.2. The number of carbonyl (C=O) groups is 2. The van der Waals surface area contributed by atoms with Crippen molar-refractivity contribution in [1.29, 1.82) is 0 Å². The molecule has 38 heavy (non-hydrogen) atoms. The molecule has 3 aromatic carbocycles. The topological polar surface area (TPSA) is 111 Å². The van der Waals surface area contributed by atoms with Crippen molar-refractivity contribution in [3.63, 3.8) is 0 Å². The number of fused-ring (bicyclic) bond motifs is 5. The van der Waals surface area contributed by atoms with Crippen LogP contribution in [-0.4, -0.2) is 40.9 Å². The van der Waals surface area contributed by atoms with Gasteiger partial charge in [0.15, 0.2) is 17.3 Å². The predicted octanol–water partition coefficient (Wildman–Crippen LogP) is 4.54. The third-order valence-corrected chi connectivity index (χ3v) is 8.56. The fraction of sp³-hybridized carbons (Fsp3) is 0.310. The molecule has 1 spiro atoms. The van der Waals surface area contributed by atoms with Crippen molar-refractivity contribution in [3.05, 3.63) is 93.0 Å². The SMILES string of the molecule is Cc1ccc2c(c1)[C@]1(C(=O)N2)C(C(=O)c2ccc3c(c2)OCO3)C(c2cccc([N+](=O)[O-])c2)C2CCCN21. The molecule has 7 rings (SSSR count). The summed E-state index contributed by atoms with van der Waals surface area (Å²) in [4.78, 5) is 42.2. The normalized spacial score (nSPS) is 26.9. The van der Waals surface area contributed by atoms with E-state index in [9.17, 15) is 19.7 Å². The number of nitrogens with zero attached hydrogens (tertiary/aromatic N) is 2. The van der Waals surface area contributed by atoms with Gasteiger partial charge in [-0.25, -0.2) is 0 Å². The number of benzene rings is 3. The summed E-state index contributed by atoms with van der Waals surface area (Å²) in [6.45, 7) is 2.71. The summed E-state index contributed by atoms with van der Waals surface area (Å²) in [7, 11) is 0. The molecule has 2 fully saturated rings. The molecular formula is C29H25N3O6. The van der Waals surface area contributed by atoms with E-state index in [4.69, 9.17) is 9.47 Å². The maximum atomic E-state index is 14.6. The number of rotatable bonds is 4. The first-order valence-corrected chi connectivity index (χ1v) is 12.8. The molecule has 4 atom stereocenters. The Labute approximate surface area is 218 Å². The summed E-state index contributed by atoms with van der Waals surface area (Å²) in [5.74, 6) is -0.595. The number of hydrogen-bond acceptors (Lipinski definition) is 7. The highest BCUT2D eigenvalue weighted by atomic mass is 16.7. The Morgan fingerprint density at radius 3 is 2.79 bits per heavy atom. The molecule has 0 bridgehead atoms. The van der Waals surface area contributed by atoms with E-state index >= 15 is 0 Å². The van der Waals surface area contributed by atoms with Gasteiger partial charge in [0.05, 0.1) is 10.8 Å². The highest BCUT2D eigenvalue weighted by Gasteiger charge is 2.69. The molecule has 0 radical (unpaired) electrons. The standard InChI is InChI=1S/C29H25N3O6/c1-16-7-9-21-20(12-16)29(28(34)30-21)26(27(33)18-8-10-23-24(14-18)38-15-37-23)25(22-6-3-11-31(22)29)17-4-2-5-19(13-17)32(35)36/h2,4-5,7-10,12-14,22,25-26H,3,6,11,15H2,1H3,(H,30,34)/t22?,25?,26?,29-/m1/s1. The number of aryl methyl sites for hydroxylation is 1. The number of ketones is 1. The molecule has 3 unspecified atom stereocenters. The molecule has 0 aliphatic carbocycles. The minimum absolute atomic E-state index is 0.0330. The molecule has 9 nitrogen and oxygen atoms in total. The molecule has 1 N–H and O–H groups in total. The molecule has 4 heterocycles. The third kappa shape index (κ3) is 3.02. The van der Waals surface area contributed by atoms with Gasteiger partial charge in [-0.1, -0.05) is 29.8 Å². The van der Waals surface area contributed by atoms with Gasteiger partial charge in [-0.15, -0.1) is 0 Å². The van der Waals surface area contributed by atoms with Crippen molar-refractivity contribution >= 4 is 23.1 Å². The lowest BCUT2D eigenvalue weighted by Crippen LogP contribution is -2.52. The second-order valence-electron chi connectivity index (χ2n) is 10.5. The Morgan fingerprint density at radius 1 is 1.11 bits per heavy atom. The fourth-order valence-electron chi connectivity index (χ4n) is 7.12. The number of anilines is 1. The first-order chi connectivity index (χ1) is 18.4. The van der Waals surface area contributed by atoms with Crippen LogP contribution in [0.5, 0.6) is 11.5 Å². The molecule has 192 valence electrons. The number of nitrogens with one attached hydrogen (secondary N) is 1. The minimum atomic E-state index is -1.23. The number of carbonyl (C=O) groups excluding carboxylic acids is 2. The number of Topliss-reactive ketones (excluding diaryl/α,β-unsaturated/α-hetero) is 1. The van der Waals surface area contributed by atoms with Crippen molar-refractivity contribution in [2.24, 2.45) is 5.92 Å². The molecule has 0 saturated carbocycles. The van der Waals surface area contributed by atoms with Gasteiger partial charge in [0.25, 0.3) is 5.69 Å². The van der Waals surface area contributed by atoms with Crippen molar-refractivity contribution in [3.8, 4) is 11.5 Å². The lowest BCUT2D eigenvalue weighted by atomic mass is 9.68. The zero-order valence-corrected chi connectivity index (χ0v) is 20.7. The molecular weight excluding hydrogens is 486 g/mol. The summed E-state index contributed by atoms with van der Waals surface area (Å²) < 4.78 is 11.0. The summed E-state index contributed by atoms with van der Waals surface area (Å²) in [6.07, 6.45) is 1.66. The Bertz CT molecular complexity index is 1540. The van der Waals surface area contributed by atoms with Crippen LogP contribution in [0.4, 0.5) is 11.4 Å². The highest BCUT2D eigenvalue weighted by molar-refractivity contribution is 6.12. The molecule has 9 heteroatoms. The Hall–Kier alpha value is -4.24. The maximum Gasteiger partial charge on any atom is 0.269 e. The second-order valence-corrected chi connectivity index (χ2v) is 10.5. The monoisotopic (exact) mass is 511 g/mol. The number of amides is 1. The van der Waals surface area contributed by atoms with E-state index in [1.165, 1.54) is 6.07 Å². The van der Waals surface area contributed by atoms with E-state index in [2.05, 4.69) is 10.2 Å². The van der Waals surface area contributed by atoms with Gasteiger partial charge in [0, 0.05) is 40.9 Å². The van der Waals surface area contributed by atoms with E-state index in [1.54, 1.807) is 30.3 Å². The van der Waals surface area contributed by atoms with E-state index in [-0.39, 0.29) is 30.2 Å². The Kier molecular flexibility index (Phi) is 4.90. The summed E-state index contributed by atoms with van der Waals surface area (Å²) in [5, 5.41) is 14.7. The summed E-state index contributed by atoms with van der Waals surface area (Å²) in [6, 6.07) is 17.3. The largest absolute Gasteiger partial charge is 0.454 e. The van der Waals surface area contributed by atoms with Crippen LogP contribution in [0.15, 0.2) is 60.7 Å². The van der Waals surface area contributed by atoms with Gasteiger partial charge in [-0.2, -0.15) is 0 Å². The van der Waals surface area contributed by atoms with E-state index in [0.29, 0.717) is 34.9 Å². The Balaban J connectivity index is 1.47. The number of non-ortho nitro benzene ring substituents is 1. The van der Waals surface area contributed by atoms with Crippen LogP contribution >= 0.6 is 0 Å². The smallest absolute Gasteiger partial charge is 0.269 e. The van der Waals surface area contributed by atoms with Crippen LogP contribution in [0.1, 0.15) is 45.8 Å². The van der Waals surface area contributed by atoms with Gasteiger partial charge >= 0.3 is 0 Å². The van der Waals surface area contributed by atoms with Gasteiger partial charge in [-0.05, 0) is 56.1 Å². The zero-order valence-electron chi connectivity index (χ0n) is 20.7. The Morgan fingerprint density at radius 2 is 1.95 bits per heavy atom. The number of hydrogen-bond donors (Lipinski definition) is 1. The van der Waals surface area contributed by atoms with Crippen LogP contribution < -0.4 is 14.8 Å². The molecule has 4 aliphatic rings. The van der Waals surface area contributed by atoms with Crippen molar-refractivity contribution < 1.29 is 24.0 Å². The van der Waals surface area contributed by atoms with Crippen LogP contribution in [0.25, 0.3) is 0 Å². The first kappa shape index (κ1) is 22.9. The van der Waals surface area contributed by atoms with Crippen LogP contribution in [0.2, 0.25) is 0 Å². The minimum Gasteiger partial charge on any atom is -0.454 e. The molecule has 4 aliphatic heterocycles. The second kappa shape index (κ2) is 8.13. The van der Waals surface area contributed by atoms with Crippen molar-refractivity contribution in [2.45, 2.75) is 37.3 Å². The van der Waals surface area contributed by atoms with E-state index in [0.717, 1.165) is 24.0 Å². The van der Waals surface area contributed by atoms with Gasteiger partial charge < -0.3 is 14.8 Å². The number of nitro groups is 1. The summed E-state index contributed by atoms with van der Waals surface area (Å²) >= 11 is 0. The third-order valence-electron chi connectivity index (χ3n) is 8.56. The lowest BCUT2D eigenvalue weighted by Gasteiger charge is -2.37. The van der Waals surface area contributed by atoms with Gasteiger partial charge in [-0.3, -0.25) is 24.6 Å². The number of nitro benzene ring substituents is 1. The van der Waals surface area contributed by atoms with Crippen LogP contribution in [-0.2, 0) is 10.3 Å². The first-order valence-electron chi connectivity index (χ1n) is 12.8. The average molecular weight is 512 g/mol. The molecule has 1 amide bonds. The average Bonchev–Trinajstić information content (AvgIpc) is 3.68. The molecule has 2 saturated heterocycles. The summed E-state index contributed by atoms with van der Waals surface area (Å²) in [5.41, 5.74) is 2.34. The molecule has 3 aromatic rings. The van der Waals surface area contributed by atoms with E-state index in [1.807, 2.05) is 31.2 Å². The van der Waals surface area contributed by atoms with Crippen molar-refractivity contribution in [2.75, 3.05) is 18.7 Å². The van der Waals surface area contributed by atoms with Crippen LogP contribution in [0, 0.1) is 23.0 Å². The number of ether oxygens (including phenoxy) is 2. The predicted molar refractivity (Wildman–Crippen MR) is 137 cm³/mol. The van der Waals surface area contributed by atoms with Gasteiger partial charge in [0.2, 0.25) is 12.7 Å². The molecule has 0 aromatic heterocycles. The fourth-order valence-corrected chi connectivity index (χ4v) is 7.12. The maximum absolute atomic E-state index is 14.6.